The second kappa shape index (κ2) is 7.98. The van der Waals surface area contributed by atoms with Crippen molar-refractivity contribution in [3.05, 3.63) is 39.6 Å². The van der Waals surface area contributed by atoms with Gasteiger partial charge >= 0.3 is 12.1 Å². The van der Waals surface area contributed by atoms with Crippen LogP contribution in [0.1, 0.15) is 38.8 Å². The number of carbonyl (C=O) groups is 1. The van der Waals surface area contributed by atoms with E-state index in [1.165, 1.54) is 6.66 Å². The molecule has 0 aromatic heterocycles. The Labute approximate surface area is 182 Å². The molecule has 10 heteroatoms. The molecule has 1 aliphatic heterocycles. The van der Waals surface area contributed by atoms with Gasteiger partial charge in [0.05, 0.1) is 5.41 Å². The van der Waals surface area contributed by atoms with Gasteiger partial charge in [-0.2, -0.15) is 13.2 Å². The topological polar surface area (TPSA) is 44.8 Å². The Bertz CT molecular complexity index is 909. The third kappa shape index (κ3) is 5.43. The highest BCUT2D eigenvalue weighted by atomic mass is 79.9. The third-order valence-electron chi connectivity index (χ3n) is 5.04. The maximum atomic E-state index is 13.0. The lowest BCUT2D eigenvalue weighted by molar-refractivity contribution is -0.164. The lowest BCUT2D eigenvalue weighted by Crippen LogP contribution is -2.49. The van der Waals surface area contributed by atoms with E-state index in [1.54, 1.807) is 33.8 Å². The monoisotopic (exact) mass is 514 g/mol. The van der Waals surface area contributed by atoms with E-state index >= 15 is 0 Å². The van der Waals surface area contributed by atoms with Crippen molar-refractivity contribution >= 4 is 45.8 Å². The summed E-state index contributed by atoms with van der Waals surface area (Å²) in [4.78, 5) is 13.0. The molecule has 4 nitrogen and oxygen atoms in total. The maximum absolute atomic E-state index is 13.0. The minimum atomic E-state index is -4.54. The molecule has 0 saturated carbocycles. The Kier molecular flexibility index (Phi) is 6.71. The molecule has 0 radical (unpaired) electrons. The van der Waals surface area contributed by atoms with E-state index in [-0.39, 0.29) is 11.3 Å². The van der Waals surface area contributed by atoms with Gasteiger partial charge in [-0.3, -0.25) is 0 Å². The van der Waals surface area contributed by atoms with Gasteiger partial charge in [-0.15, -0.1) is 0 Å². The van der Waals surface area contributed by atoms with Crippen LogP contribution in [0.25, 0.3) is 5.57 Å². The molecular formula is C19H23BrF3O4PS. The molecule has 1 aliphatic rings. The van der Waals surface area contributed by atoms with Gasteiger partial charge in [0.15, 0.2) is 6.61 Å². The van der Waals surface area contributed by atoms with Crippen molar-refractivity contribution in [1.82, 2.24) is 0 Å². The quantitative estimate of drug-likeness (QED) is 0.337. The van der Waals surface area contributed by atoms with E-state index in [9.17, 15) is 18.0 Å². The Hall–Kier alpha value is -0.890. The number of ether oxygens (including phenoxy) is 1. The highest BCUT2D eigenvalue weighted by molar-refractivity contribution is 9.10. The van der Waals surface area contributed by atoms with Crippen LogP contribution in [0, 0.1) is 12.3 Å². The first-order valence-corrected chi connectivity index (χ1v) is 12.6. The van der Waals surface area contributed by atoms with Gasteiger partial charge in [-0.25, -0.2) is 4.79 Å². The molecule has 0 saturated heterocycles. The fourth-order valence-electron chi connectivity index (χ4n) is 2.73. The predicted octanol–water partition coefficient (Wildman–Crippen LogP) is 6.37. The van der Waals surface area contributed by atoms with Crippen LogP contribution in [0.2, 0.25) is 0 Å². The number of esters is 1. The molecule has 0 fully saturated rings. The molecule has 1 heterocycles. The van der Waals surface area contributed by atoms with Gasteiger partial charge in [0.25, 0.3) is 0 Å². The average Bonchev–Trinajstić information content (AvgIpc) is 2.53. The molecule has 1 aromatic carbocycles. The molecule has 0 aliphatic carbocycles. The standard InChI is InChI=1S/C19H23BrF3O4PS/c1-11-7-8-12(20)9-13(11)14-15(17(2,3)18(4,5)26-16(14)24)27-28(6,29)25-10-19(21,22)23/h7-9H,10H2,1-6H3. The van der Waals surface area contributed by atoms with Gasteiger partial charge < -0.3 is 13.8 Å². The van der Waals surface area contributed by atoms with E-state index in [2.05, 4.69) is 15.9 Å². The van der Waals surface area contributed by atoms with Crippen LogP contribution < -0.4 is 0 Å². The average molecular weight is 515 g/mol. The lowest BCUT2D eigenvalue weighted by atomic mass is 9.71. The summed E-state index contributed by atoms with van der Waals surface area (Å²) >= 11 is 8.62. The molecule has 0 bridgehead atoms. The second-order valence-electron chi connectivity index (χ2n) is 7.94. The van der Waals surface area contributed by atoms with Gasteiger partial charge in [-0.1, -0.05) is 22.0 Å². The number of rotatable bonds is 5. The largest absolute Gasteiger partial charge is 0.455 e. The van der Waals surface area contributed by atoms with Crippen LogP contribution >= 0.6 is 22.4 Å². The number of benzene rings is 1. The van der Waals surface area contributed by atoms with Gasteiger partial charge in [0.2, 0.25) is 6.49 Å². The van der Waals surface area contributed by atoms with Crippen molar-refractivity contribution in [3.63, 3.8) is 0 Å². The molecule has 0 amide bonds. The predicted molar refractivity (Wildman–Crippen MR) is 113 cm³/mol. The lowest BCUT2D eigenvalue weighted by Gasteiger charge is -2.46. The summed E-state index contributed by atoms with van der Waals surface area (Å²) in [5.74, 6) is -0.454. The third-order valence-corrected chi connectivity index (χ3v) is 7.19. The number of alkyl halides is 3. The number of hydrogen-bond acceptors (Lipinski definition) is 5. The summed E-state index contributed by atoms with van der Waals surface area (Å²) in [5, 5.41) is 0. The molecule has 1 unspecified atom stereocenters. The van der Waals surface area contributed by atoms with Crippen molar-refractivity contribution < 1.29 is 31.8 Å². The molecular weight excluding hydrogens is 492 g/mol. The van der Waals surface area contributed by atoms with Crippen molar-refractivity contribution in [2.45, 2.75) is 46.4 Å². The zero-order valence-corrected chi connectivity index (χ0v) is 20.2. The summed E-state index contributed by atoms with van der Waals surface area (Å²) in [6.07, 6.45) is -4.54. The number of halogens is 4. The van der Waals surface area contributed by atoms with E-state index in [4.69, 9.17) is 25.6 Å². The van der Waals surface area contributed by atoms with Crippen LogP contribution in [0.5, 0.6) is 0 Å². The van der Waals surface area contributed by atoms with Crippen LogP contribution in [0.15, 0.2) is 28.4 Å². The van der Waals surface area contributed by atoms with Crippen molar-refractivity contribution in [3.8, 4) is 0 Å². The van der Waals surface area contributed by atoms with Gasteiger partial charge in [0, 0.05) is 11.1 Å². The zero-order valence-electron chi connectivity index (χ0n) is 16.9. The number of aryl methyl sites for hydroxylation is 1. The SMILES string of the molecule is Cc1ccc(Br)cc1C1=C(OP(C)(=S)OCC(F)(F)F)C(C)(C)C(C)(C)OC1=O. The molecule has 0 N–H and O–H groups in total. The molecule has 0 spiro atoms. The first-order chi connectivity index (χ1) is 13.0. The summed E-state index contributed by atoms with van der Waals surface area (Å²) in [6.45, 7) is 5.26. The zero-order chi connectivity index (χ0) is 22.4. The minimum Gasteiger partial charge on any atom is -0.455 e. The van der Waals surface area contributed by atoms with Crippen molar-refractivity contribution in [1.29, 1.82) is 0 Å². The normalized spacial score (nSPS) is 20.8. The highest BCUT2D eigenvalue weighted by Gasteiger charge is 2.52. The molecule has 162 valence electrons. The van der Waals surface area contributed by atoms with Crippen LogP contribution in [0.3, 0.4) is 0 Å². The second-order valence-corrected chi connectivity index (χ2v) is 12.8. The Morgan fingerprint density at radius 1 is 1.24 bits per heavy atom. The van der Waals surface area contributed by atoms with Gasteiger partial charge in [-0.05, 0) is 69.7 Å². The van der Waals surface area contributed by atoms with E-state index in [1.807, 2.05) is 19.1 Å². The smallest absolute Gasteiger partial charge is 0.412 e. The Morgan fingerprint density at radius 2 is 1.83 bits per heavy atom. The summed E-state index contributed by atoms with van der Waals surface area (Å²) in [6, 6.07) is 5.37. The fourth-order valence-corrected chi connectivity index (χ4v) is 4.55. The molecule has 1 aromatic rings. The minimum absolute atomic E-state index is 0.139. The highest BCUT2D eigenvalue weighted by Crippen LogP contribution is 2.57. The summed E-state index contributed by atoms with van der Waals surface area (Å²) < 4.78 is 55.2. The number of hydrogen-bond donors (Lipinski definition) is 0. The van der Waals surface area contributed by atoms with Crippen LogP contribution in [0.4, 0.5) is 13.2 Å². The Morgan fingerprint density at radius 3 is 2.38 bits per heavy atom. The van der Waals surface area contributed by atoms with Gasteiger partial charge in [0.1, 0.15) is 16.9 Å². The molecule has 2 rings (SSSR count). The first kappa shape index (κ1) is 24.4. The number of carbonyl (C=O) groups excluding carboxylic acids is 1. The Balaban J connectivity index is 2.67. The maximum Gasteiger partial charge on any atom is 0.412 e. The van der Waals surface area contributed by atoms with E-state index in [0.29, 0.717) is 5.56 Å². The van der Waals surface area contributed by atoms with Crippen LogP contribution in [-0.2, 0) is 30.4 Å². The van der Waals surface area contributed by atoms with E-state index in [0.717, 1.165) is 10.0 Å². The summed E-state index contributed by atoms with van der Waals surface area (Å²) in [7, 11) is 0. The first-order valence-electron chi connectivity index (χ1n) is 8.70. The van der Waals surface area contributed by atoms with Crippen molar-refractivity contribution in [2.75, 3.05) is 13.3 Å². The van der Waals surface area contributed by atoms with Crippen LogP contribution in [-0.4, -0.2) is 31.0 Å². The summed E-state index contributed by atoms with van der Waals surface area (Å²) in [5.41, 5.74) is -0.402. The molecule has 1 atom stereocenters. The van der Waals surface area contributed by atoms with E-state index < -0.39 is 36.3 Å². The number of cyclic esters (lactones) is 1. The fraction of sp³-hybridized carbons (Fsp3) is 0.526. The molecule has 29 heavy (non-hydrogen) atoms. The van der Waals surface area contributed by atoms with Crippen molar-refractivity contribution in [2.24, 2.45) is 5.41 Å².